The van der Waals surface area contributed by atoms with Gasteiger partial charge in [-0.1, -0.05) is 34.1 Å². The van der Waals surface area contributed by atoms with E-state index in [2.05, 4.69) is 15.9 Å². The first-order valence-corrected chi connectivity index (χ1v) is 5.95. The molecule has 72 valence electrons. The molecule has 0 aliphatic rings. The van der Waals surface area contributed by atoms with E-state index in [9.17, 15) is 4.57 Å². The van der Waals surface area contributed by atoms with E-state index in [4.69, 9.17) is 15.5 Å². The van der Waals surface area contributed by atoms with Gasteiger partial charge in [0.15, 0.2) is 0 Å². The van der Waals surface area contributed by atoms with Crippen LogP contribution in [0, 0.1) is 0 Å². The third-order valence-electron chi connectivity index (χ3n) is 1.59. The molecule has 6 heteroatoms. The van der Waals surface area contributed by atoms with Crippen molar-refractivity contribution in [1.29, 1.82) is 0 Å². The lowest BCUT2D eigenvalue weighted by atomic mass is 10.2. The standard InChI is InChI=1S/C7H9BrNO3P/c8-6-4-2-1-3-5(6)7(9)13(10,11)12/h1-4,7H,9H2,(H2,10,11,12). The molecule has 0 radical (unpaired) electrons. The Morgan fingerprint density at radius 1 is 1.38 bits per heavy atom. The van der Waals surface area contributed by atoms with Crippen molar-refractivity contribution in [2.75, 3.05) is 0 Å². The van der Waals surface area contributed by atoms with Gasteiger partial charge in [0.05, 0.1) is 0 Å². The maximum absolute atomic E-state index is 10.8. The summed E-state index contributed by atoms with van der Waals surface area (Å²) in [6.07, 6.45) is 0. The minimum atomic E-state index is -4.26. The first-order chi connectivity index (χ1) is 5.93. The molecule has 0 aliphatic heterocycles. The molecule has 4 N–H and O–H groups in total. The van der Waals surface area contributed by atoms with Crippen LogP contribution in [-0.4, -0.2) is 9.79 Å². The van der Waals surface area contributed by atoms with E-state index >= 15 is 0 Å². The molecule has 1 aromatic rings. The Balaban J connectivity index is 3.09. The highest BCUT2D eigenvalue weighted by Gasteiger charge is 2.27. The van der Waals surface area contributed by atoms with Crippen LogP contribution in [0.5, 0.6) is 0 Å². The summed E-state index contributed by atoms with van der Waals surface area (Å²) in [6.45, 7) is 0. The van der Waals surface area contributed by atoms with E-state index in [1.807, 2.05) is 0 Å². The SMILES string of the molecule is NC(c1ccccc1Br)P(=O)(O)O. The van der Waals surface area contributed by atoms with Crippen LogP contribution in [-0.2, 0) is 4.57 Å². The van der Waals surface area contributed by atoms with Crippen molar-refractivity contribution < 1.29 is 14.4 Å². The van der Waals surface area contributed by atoms with Gasteiger partial charge >= 0.3 is 7.60 Å². The van der Waals surface area contributed by atoms with E-state index in [0.717, 1.165) is 0 Å². The Labute approximate surface area is 84.1 Å². The smallest absolute Gasteiger partial charge is 0.323 e. The summed E-state index contributed by atoms with van der Waals surface area (Å²) in [7, 11) is -4.26. The van der Waals surface area contributed by atoms with Gasteiger partial charge in [0.25, 0.3) is 0 Å². The molecule has 1 atom stereocenters. The van der Waals surface area contributed by atoms with E-state index in [1.165, 1.54) is 0 Å². The van der Waals surface area contributed by atoms with E-state index in [1.54, 1.807) is 24.3 Å². The number of hydrogen-bond donors (Lipinski definition) is 3. The van der Waals surface area contributed by atoms with Gasteiger partial charge in [-0.05, 0) is 11.6 Å². The zero-order valence-electron chi connectivity index (χ0n) is 6.59. The van der Waals surface area contributed by atoms with Crippen molar-refractivity contribution >= 4 is 23.5 Å². The Hall–Kier alpha value is -0.190. The van der Waals surface area contributed by atoms with Gasteiger partial charge in [-0.25, -0.2) is 0 Å². The van der Waals surface area contributed by atoms with Gasteiger partial charge in [-0.15, -0.1) is 0 Å². The number of halogens is 1. The lowest BCUT2D eigenvalue weighted by Crippen LogP contribution is -2.10. The highest BCUT2D eigenvalue weighted by molar-refractivity contribution is 9.10. The van der Waals surface area contributed by atoms with E-state index < -0.39 is 13.4 Å². The lowest BCUT2D eigenvalue weighted by Gasteiger charge is -2.14. The molecule has 1 rings (SSSR count). The maximum atomic E-state index is 10.8. The molecule has 1 unspecified atom stereocenters. The first kappa shape index (κ1) is 10.9. The van der Waals surface area contributed by atoms with Crippen LogP contribution in [0.15, 0.2) is 28.7 Å². The fourth-order valence-electron chi connectivity index (χ4n) is 0.896. The molecule has 1 aromatic carbocycles. The minimum Gasteiger partial charge on any atom is -0.323 e. The summed E-state index contributed by atoms with van der Waals surface area (Å²) in [5.74, 6) is -1.26. The number of benzene rings is 1. The predicted octanol–water partition coefficient (Wildman–Crippen LogP) is 1.58. The molecule has 0 aliphatic carbocycles. The number of nitrogens with two attached hydrogens (primary N) is 1. The van der Waals surface area contributed by atoms with Gasteiger partial charge < -0.3 is 15.5 Å². The summed E-state index contributed by atoms with van der Waals surface area (Å²) < 4.78 is 11.4. The average molecular weight is 266 g/mol. The second-order valence-electron chi connectivity index (χ2n) is 2.56. The summed E-state index contributed by atoms with van der Waals surface area (Å²) in [6, 6.07) is 6.69. The third kappa shape index (κ3) is 2.62. The van der Waals surface area contributed by atoms with Crippen molar-refractivity contribution in [3.05, 3.63) is 34.3 Å². The molecule has 0 spiro atoms. The molecule has 0 fully saturated rings. The molecule has 0 amide bonds. The highest BCUT2D eigenvalue weighted by Crippen LogP contribution is 2.49. The maximum Gasteiger partial charge on any atom is 0.346 e. The van der Waals surface area contributed by atoms with E-state index in [0.29, 0.717) is 10.0 Å². The number of hydrogen-bond acceptors (Lipinski definition) is 2. The average Bonchev–Trinajstić information content (AvgIpc) is 2.02. The summed E-state index contributed by atoms with van der Waals surface area (Å²) >= 11 is 3.17. The quantitative estimate of drug-likeness (QED) is 0.709. The summed E-state index contributed by atoms with van der Waals surface area (Å²) in [5.41, 5.74) is 5.79. The van der Waals surface area contributed by atoms with Crippen LogP contribution >= 0.6 is 23.5 Å². The topological polar surface area (TPSA) is 83.6 Å². The monoisotopic (exact) mass is 265 g/mol. The van der Waals surface area contributed by atoms with Crippen molar-refractivity contribution in [3.8, 4) is 0 Å². The first-order valence-electron chi connectivity index (χ1n) is 3.48. The zero-order valence-corrected chi connectivity index (χ0v) is 9.07. The fourth-order valence-corrected chi connectivity index (χ4v) is 2.19. The van der Waals surface area contributed by atoms with Crippen LogP contribution in [0.1, 0.15) is 11.3 Å². The predicted molar refractivity (Wildman–Crippen MR) is 53.1 cm³/mol. The largest absolute Gasteiger partial charge is 0.346 e. The Bertz CT molecular complexity index is 351. The van der Waals surface area contributed by atoms with Crippen LogP contribution in [0.3, 0.4) is 0 Å². The molecule has 13 heavy (non-hydrogen) atoms. The molecule has 0 saturated carbocycles. The van der Waals surface area contributed by atoms with Crippen molar-refractivity contribution in [3.63, 3.8) is 0 Å². The van der Waals surface area contributed by atoms with Gasteiger partial charge in [0.2, 0.25) is 0 Å². The summed E-state index contributed by atoms with van der Waals surface area (Å²) in [4.78, 5) is 17.7. The van der Waals surface area contributed by atoms with Crippen LogP contribution in [0.25, 0.3) is 0 Å². The second kappa shape index (κ2) is 3.90. The lowest BCUT2D eigenvalue weighted by molar-refractivity contribution is 0.359. The van der Waals surface area contributed by atoms with Crippen molar-refractivity contribution in [1.82, 2.24) is 0 Å². The van der Waals surface area contributed by atoms with Crippen LogP contribution in [0.2, 0.25) is 0 Å². The normalized spacial score (nSPS) is 14.2. The Morgan fingerprint density at radius 2 is 1.92 bits per heavy atom. The van der Waals surface area contributed by atoms with Crippen molar-refractivity contribution in [2.24, 2.45) is 5.73 Å². The van der Waals surface area contributed by atoms with Gasteiger partial charge in [0, 0.05) is 4.47 Å². The molecule has 0 aromatic heterocycles. The van der Waals surface area contributed by atoms with Gasteiger partial charge in [-0.3, -0.25) is 4.57 Å². The van der Waals surface area contributed by atoms with Gasteiger partial charge in [0.1, 0.15) is 5.78 Å². The molecule has 0 bridgehead atoms. The fraction of sp³-hybridized carbons (Fsp3) is 0.143. The summed E-state index contributed by atoms with van der Waals surface area (Å²) in [5, 5.41) is 0. The molecule has 4 nitrogen and oxygen atoms in total. The molecular formula is C7H9BrNO3P. The third-order valence-corrected chi connectivity index (χ3v) is 3.31. The number of rotatable bonds is 2. The van der Waals surface area contributed by atoms with Crippen LogP contribution in [0.4, 0.5) is 0 Å². The Morgan fingerprint density at radius 3 is 2.38 bits per heavy atom. The van der Waals surface area contributed by atoms with Crippen LogP contribution < -0.4 is 5.73 Å². The van der Waals surface area contributed by atoms with E-state index in [-0.39, 0.29) is 0 Å². The van der Waals surface area contributed by atoms with Gasteiger partial charge in [-0.2, -0.15) is 0 Å². The second-order valence-corrected chi connectivity index (χ2v) is 5.14. The zero-order chi connectivity index (χ0) is 10.1. The Kier molecular flexibility index (Phi) is 3.27. The molecule has 0 heterocycles. The molecular weight excluding hydrogens is 257 g/mol. The van der Waals surface area contributed by atoms with Crippen molar-refractivity contribution in [2.45, 2.75) is 5.78 Å². The minimum absolute atomic E-state index is 0.413. The highest BCUT2D eigenvalue weighted by atomic mass is 79.9. The molecule has 0 saturated heterocycles.